The zero-order valence-electron chi connectivity index (χ0n) is 14.5. The van der Waals surface area contributed by atoms with Crippen LogP contribution in [0.1, 0.15) is 36.7 Å². The van der Waals surface area contributed by atoms with Crippen LogP contribution in [-0.2, 0) is 6.54 Å². The lowest BCUT2D eigenvalue weighted by atomic mass is 10.1. The van der Waals surface area contributed by atoms with Crippen LogP contribution in [0, 0.1) is 0 Å². The molecule has 0 heterocycles. The average molecular weight is 360 g/mol. The van der Waals surface area contributed by atoms with Crippen LogP contribution in [0.5, 0.6) is 0 Å². The fourth-order valence-corrected chi connectivity index (χ4v) is 2.20. The van der Waals surface area contributed by atoms with Gasteiger partial charge in [0.15, 0.2) is 0 Å². The lowest BCUT2D eigenvalue weighted by Crippen LogP contribution is -2.40. The molecule has 0 aliphatic heterocycles. The van der Waals surface area contributed by atoms with Gasteiger partial charge in [-0.25, -0.2) is 4.79 Å². The van der Waals surface area contributed by atoms with E-state index in [0.29, 0.717) is 22.8 Å². The molecule has 0 aliphatic rings. The van der Waals surface area contributed by atoms with Crippen LogP contribution >= 0.6 is 11.6 Å². The lowest BCUT2D eigenvalue weighted by molar-refractivity contribution is 0.0919. The first-order valence-electron chi connectivity index (χ1n) is 7.95. The van der Waals surface area contributed by atoms with Crippen LogP contribution in [0.15, 0.2) is 48.5 Å². The normalized spacial score (nSPS) is 10.9. The first-order chi connectivity index (χ1) is 11.7. The van der Waals surface area contributed by atoms with Crippen molar-refractivity contribution < 1.29 is 9.59 Å². The third kappa shape index (κ3) is 6.47. The maximum absolute atomic E-state index is 12.1. The van der Waals surface area contributed by atoms with Crippen LogP contribution in [0.2, 0.25) is 5.02 Å². The third-order valence-electron chi connectivity index (χ3n) is 3.26. The van der Waals surface area contributed by atoms with Gasteiger partial charge in [0.05, 0.1) is 0 Å². The molecule has 0 aliphatic carbocycles. The number of halogens is 1. The minimum absolute atomic E-state index is 0.147. The van der Waals surface area contributed by atoms with E-state index in [1.54, 1.807) is 36.4 Å². The van der Waals surface area contributed by atoms with Crippen LogP contribution in [0.3, 0.4) is 0 Å². The summed E-state index contributed by atoms with van der Waals surface area (Å²) in [7, 11) is 0. The summed E-state index contributed by atoms with van der Waals surface area (Å²) >= 11 is 5.82. The van der Waals surface area contributed by atoms with Crippen LogP contribution < -0.4 is 16.0 Å². The van der Waals surface area contributed by atoms with Crippen molar-refractivity contribution in [3.05, 3.63) is 64.7 Å². The molecule has 0 fully saturated rings. The van der Waals surface area contributed by atoms with Gasteiger partial charge >= 0.3 is 6.03 Å². The van der Waals surface area contributed by atoms with Gasteiger partial charge in [0.1, 0.15) is 0 Å². The highest BCUT2D eigenvalue weighted by Gasteiger charge is 2.15. The quantitative estimate of drug-likeness (QED) is 0.766. The van der Waals surface area contributed by atoms with Crippen molar-refractivity contribution in [3.8, 4) is 0 Å². The Morgan fingerprint density at radius 1 is 0.960 bits per heavy atom. The molecule has 0 bridgehead atoms. The van der Waals surface area contributed by atoms with E-state index in [1.807, 2.05) is 32.9 Å². The van der Waals surface area contributed by atoms with Gasteiger partial charge in [-0.2, -0.15) is 0 Å². The van der Waals surface area contributed by atoms with Gasteiger partial charge in [-0.15, -0.1) is 0 Å². The fourth-order valence-electron chi connectivity index (χ4n) is 2.08. The summed E-state index contributed by atoms with van der Waals surface area (Å²) in [5, 5.41) is 9.04. The summed E-state index contributed by atoms with van der Waals surface area (Å²) in [5.41, 5.74) is 1.81. The van der Waals surface area contributed by atoms with Crippen LogP contribution in [-0.4, -0.2) is 17.5 Å². The fraction of sp³-hybridized carbons (Fsp3) is 0.263. The zero-order chi connectivity index (χ0) is 18.4. The predicted octanol–water partition coefficient (Wildman–Crippen LogP) is 4.19. The highest BCUT2D eigenvalue weighted by atomic mass is 35.5. The molecule has 2 aromatic carbocycles. The van der Waals surface area contributed by atoms with Gasteiger partial charge in [0.2, 0.25) is 0 Å². The number of nitrogens with one attached hydrogen (secondary N) is 3. The van der Waals surface area contributed by atoms with E-state index in [4.69, 9.17) is 11.6 Å². The molecule has 0 radical (unpaired) electrons. The maximum Gasteiger partial charge on any atom is 0.319 e. The highest BCUT2D eigenvalue weighted by Crippen LogP contribution is 2.12. The van der Waals surface area contributed by atoms with Gasteiger partial charge in [0.25, 0.3) is 5.91 Å². The smallest absolute Gasteiger partial charge is 0.319 e. The molecule has 2 aromatic rings. The maximum atomic E-state index is 12.1. The Kier molecular flexibility index (Phi) is 6.04. The lowest BCUT2D eigenvalue weighted by Gasteiger charge is -2.20. The van der Waals surface area contributed by atoms with Gasteiger partial charge in [-0.05, 0) is 62.7 Å². The number of carbonyl (C=O) groups excluding carboxylic acids is 2. The second-order valence-electron chi connectivity index (χ2n) is 6.72. The van der Waals surface area contributed by atoms with Crippen LogP contribution in [0.4, 0.5) is 10.5 Å². The Bertz CT molecular complexity index is 735. The van der Waals surface area contributed by atoms with Gasteiger partial charge in [0, 0.05) is 28.4 Å². The number of hydrogen-bond donors (Lipinski definition) is 3. The number of hydrogen-bond acceptors (Lipinski definition) is 2. The average Bonchev–Trinajstić information content (AvgIpc) is 2.53. The molecule has 2 rings (SSSR count). The van der Waals surface area contributed by atoms with Gasteiger partial charge in [-0.1, -0.05) is 23.7 Å². The predicted molar refractivity (Wildman–Crippen MR) is 101 cm³/mol. The second-order valence-corrected chi connectivity index (χ2v) is 7.15. The van der Waals surface area contributed by atoms with Crippen molar-refractivity contribution in [2.45, 2.75) is 32.9 Å². The molecule has 0 saturated carbocycles. The largest absolute Gasteiger partial charge is 0.347 e. The summed E-state index contributed by atoms with van der Waals surface area (Å²) in [6.45, 7) is 6.17. The molecule has 0 saturated heterocycles. The molecule has 3 N–H and O–H groups in total. The van der Waals surface area contributed by atoms with Crippen molar-refractivity contribution >= 4 is 29.2 Å². The highest BCUT2D eigenvalue weighted by molar-refractivity contribution is 6.30. The molecular weight excluding hydrogens is 338 g/mol. The number of carbonyl (C=O) groups is 2. The molecule has 0 unspecified atom stereocenters. The van der Waals surface area contributed by atoms with E-state index in [2.05, 4.69) is 16.0 Å². The minimum atomic E-state index is -0.318. The van der Waals surface area contributed by atoms with Gasteiger partial charge in [-0.3, -0.25) is 4.79 Å². The SMILES string of the molecule is CC(C)(C)NC(=O)c1ccc(NC(=O)NCc2ccc(Cl)cc2)cc1. The second kappa shape index (κ2) is 8.03. The molecule has 5 nitrogen and oxygen atoms in total. The summed E-state index contributed by atoms with van der Waals surface area (Å²) in [6, 6.07) is 13.7. The van der Waals surface area contributed by atoms with E-state index in [1.165, 1.54) is 0 Å². The van der Waals surface area contributed by atoms with E-state index in [0.717, 1.165) is 5.56 Å². The molecule has 0 aromatic heterocycles. The molecule has 0 atom stereocenters. The van der Waals surface area contributed by atoms with Crippen molar-refractivity contribution in [2.24, 2.45) is 0 Å². The number of urea groups is 1. The standard InChI is InChI=1S/C19H22ClN3O2/c1-19(2,3)23-17(24)14-6-10-16(11-7-14)22-18(25)21-12-13-4-8-15(20)9-5-13/h4-11H,12H2,1-3H3,(H,23,24)(H2,21,22,25). The number of rotatable bonds is 4. The Morgan fingerprint density at radius 3 is 2.12 bits per heavy atom. The monoisotopic (exact) mass is 359 g/mol. The van der Waals surface area contributed by atoms with Crippen molar-refractivity contribution in [1.29, 1.82) is 0 Å². The topological polar surface area (TPSA) is 70.2 Å². The first-order valence-corrected chi connectivity index (χ1v) is 8.33. The minimum Gasteiger partial charge on any atom is -0.347 e. The summed E-state index contributed by atoms with van der Waals surface area (Å²) in [4.78, 5) is 24.0. The summed E-state index contributed by atoms with van der Waals surface area (Å²) in [5.74, 6) is -0.147. The Morgan fingerprint density at radius 2 is 1.56 bits per heavy atom. The molecule has 132 valence electrons. The zero-order valence-corrected chi connectivity index (χ0v) is 15.3. The van der Waals surface area contributed by atoms with E-state index in [-0.39, 0.29) is 17.5 Å². The molecule has 25 heavy (non-hydrogen) atoms. The van der Waals surface area contributed by atoms with E-state index in [9.17, 15) is 9.59 Å². The van der Waals surface area contributed by atoms with Crippen LogP contribution in [0.25, 0.3) is 0 Å². The van der Waals surface area contributed by atoms with Crippen molar-refractivity contribution in [2.75, 3.05) is 5.32 Å². The third-order valence-corrected chi connectivity index (χ3v) is 3.51. The van der Waals surface area contributed by atoms with Crippen molar-refractivity contribution in [3.63, 3.8) is 0 Å². The number of anilines is 1. The Labute approximate surface area is 152 Å². The van der Waals surface area contributed by atoms with E-state index >= 15 is 0 Å². The molecule has 3 amide bonds. The summed E-state index contributed by atoms with van der Waals surface area (Å²) < 4.78 is 0. The summed E-state index contributed by atoms with van der Waals surface area (Å²) in [6.07, 6.45) is 0. The van der Waals surface area contributed by atoms with Crippen molar-refractivity contribution in [1.82, 2.24) is 10.6 Å². The number of amides is 3. The van der Waals surface area contributed by atoms with E-state index < -0.39 is 0 Å². The first kappa shape index (κ1) is 18.8. The van der Waals surface area contributed by atoms with Gasteiger partial charge < -0.3 is 16.0 Å². The number of benzene rings is 2. The molecular formula is C19H22ClN3O2. The molecule has 6 heteroatoms. The molecule has 0 spiro atoms. The Balaban J connectivity index is 1.86. The Hall–Kier alpha value is -2.53.